The van der Waals surface area contributed by atoms with Crippen molar-refractivity contribution in [2.24, 2.45) is 0 Å². The first-order chi connectivity index (χ1) is 9.44. The van der Waals surface area contributed by atoms with Crippen LogP contribution in [0.5, 0.6) is 0 Å². The van der Waals surface area contributed by atoms with Gasteiger partial charge in [0.1, 0.15) is 11.6 Å². The lowest BCUT2D eigenvalue weighted by molar-refractivity contribution is -0.384. The topological polar surface area (TPSA) is 80.5 Å². The van der Waals surface area contributed by atoms with Crippen molar-refractivity contribution < 1.29 is 9.66 Å². The Labute approximate surface area is 118 Å². The molecular weight excluding hydrogens is 260 g/mol. The molecule has 7 nitrogen and oxygen atoms in total. The molecule has 0 radical (unpaired) electrons. The number of ether oxygens (including phenoxy) is 1. The highest BCUT2D eigenvalue weighted by molar-refractivity contribution is 5.57. The molecule has 1 N–H and O–H groups in total. The lowest BCUT2D eigenvalue weighted by Gasteiger charge is -2.42. The predicted molar refractivity (Wildman–Crippen MR) is 77.3 cm³/mol. The smallest absolute Gasteiger partial charge is 0.276 e. The molecule has 1 aliphatic heterocycles. The summed E-state index contributed by atoms with van der Waals surface area (Å²) in [5, 5.41) is 14.1. The summed E-state index contributed by atoms with van der Waals surface area (Å²) in [5.74, 6) is 1.14. The van der Waals surface area contributed by atoms with Gasteiger partial charge in [0.2, 0.25) is 0 Å². The fourth-order valence-corrected chi connectivity index (χ4v) is 2.30. The van der Waals surface area contributed by atoms with Crippen molar-refractivity contribution in [2.75, 3.05) is 36.5 Å². The van der Waals surface area contributed by atoms with Crippen molar-refractivity contribution >= 4 is 17.3 Å². The van der Waals surface area contributed by atoms with E-state index in [1.165, 1.54) is 12.1 Å². The largest absolute Gasteiger partial charge is 0.377 e. The maximum absolute atomic E-state index is 11.1. The molecular formula is C13H20N4O3. The molecule has 0 amide bonds. The van der Waals surface area contributed by atoms with Crippen LogP contribution in [0.25, 0.3) is 0 Å². The lowest BCUT2D eigenvalue weighted by atomic mass is 10.0. The summed E-state index contributed by atoms with van der Waals surface area (Å²) in [6.45, 7) is 8.53. The third-order valence-electron chi connectivity index (χ3n) is 3.29. The summed E-state index contributed by atoms with van der Waals surface area (Å²) in [6, 6.07) is 2.98. The maximum Gasteiger partial charge on any atom is 0.276 e. The number of nitrogens with one attached hydrogen (secondary N) is 1. The molecule has 1 aromatic heterocycles. The summed E-state index contributed by atoms with van der Waals surface area (Å²) >= 11 is 0. The minimum absolute atomic E-state index is 0.0493. The van der Waals surface area contributed by atoms with Crippen LogP contribution in [-0.2, 0) is 4.74 Å². The van der Waals surface area contributed by atoms with Crippen LogP contribution in [0.1, 0.15) is 20.8 Å². The molecule has 2 rings (SSSR count). The van der Waals surface area contributed by atoms with Crippen molar-refractivity contribution in [3.8, 4) is 0 Å². The van der Waals surface area contributed by atoms with Gasteiger partial charge in [-0.3, -0.25) is 10.1 Å². The van der Waals surface area contributed by atoms with E-state index in [0.29, 0.717) is 37.9 Å². The Morgan fingerprint density at radius 3 is 2.90 bits per heavy atom. The summed E-state index contributed by atoms with van der Waals surface area (Å²) in [6.07, 6.45) is 0. The second kappa shape index (κ2) is 5.62. The Morgan fingerprint density at radius 2 is 2.30 bits per heavy atom. The maximum atomic E-state index is 11.1. The zero-order valence-electron chi connectivity index (χ0n) is 12.0. The molecule has 0 spiro atoms. The molecule has 0 saturated carbocycles. The molecule has 2 heterocycles. The van der Waals surface area contributed by atoms with Gasteiger partial charge < -0.3 is 15.0 Å². The van der Waals surface area contributed by atoms with E-state index in [0.717, 1.165) is 0 Å². The number of rotatable bonds is 4. The summed E-state index contributed by atoms with van der Waals surface area (Å²) in [5.41, 5.74) is -0.183. The Morgan fingerprint density at radius 1 is 1.55 bits per heavy atom. The molecule has 0 aliphatic carbocycles. The molecule has 0 unspecified atom stereocenters. The molecule has 20 heavy (non-hydrogen) atoms. The van der Waals surface area contributed by atoms with Gasteiger partial charge in [0.15, 0.2) is 0 Å². The third kappa shape index (κ3) is 2.98. The molecule has 1 fully saturated rings. The van der Waals surface area contributed by atoms with Crippen LogP contribution in [0.3, 0.4) is 0 Å². The summed E-state index contributed by atoms with van der Waals surface area (Å²) in [4.78, 5) is 17.2. The first-order valence-electron chi connectivity index (χ1n) is 6.70. The van der Waals surface area contributed by atoms with Gasteiger partial charge in [0, 0.05) is 13.1 Å². The van der Waals surface area contributed by atoms with Crippen molar-refractivity contribution in [2.45, 2.75) is 26.3 Å². The number of pyridine rings is 1. The van der Waals surface area contributed by atoms with E-state index in [2.05, 4.69) is 15.2 Å². The first kappa shape index (κ1) is 14.5. The van der Waals surface area contributed by atoms with Crippen LogP contribution >= 0.6 is 0 Å². The van der Waals surface area contributed by atoms with Crippen molar-refractivity contribution in [1.82, 2.24) is 4.98 Å². The van der Waals surface area contributed by atoms with E-state index < -0.39 is 0 Å². The standard InChI is InChI=1S/C13H20N4O3/c1-4-14-11-7-10(17(18)19)8-12(15-11)16-5-6-20-9-13(16,2)3/h7-8H,4-6,9H2,1-3H3,(H,14,15). The van der Waals surface area contributed by atoms with E-state index in [9.17, 15) is 10.1 Å². The number of hydrogen-bond donors (Lipinski definition) is 1. The average molecular weight is 280 g/mol. The van der Waals surface area contributed by atoms with E-state index in [-0.39, 0.29) is 16.1 Å². The van der Waals surface area contributed by atoms with Gasteiger partial charge in [0.05, 0.1) is 35.8 Å². The minimum atomic E-state index is -0.389. The van der Waals surface area contributed by atoms with Crippen LogP contribution in [0.2, 0.25) is 0 Å². The Kier molecular flexibility index (Phi) is 4.08. The molecule has 0 atom stereocenters. The number of aromatic nitrogens is 1. The highest BCUT2D eigenvalue weighted by Crippen LogP contribution is 2.29. The molecule has 1 saturated heterocycles. The van der Waals surface area contributed by atoms with Crippen LogP contribution in [0, 0.1) is 10.1 Å². The van der Waals surface area contributed by atoms with Gasteiger partial charge in [0.25, 0.3) is 5.69 Å². The Balaban J connectivity index is 2.41. The van der Waals surface area contributed by atoms with E-state index in [1.54, 1.807) is 0 Å². The van der Waals surface area contributed by atoms with Gasteiger partial charge in [-0.05, 0) is 20.8 Å². The van der Waals surface area contributed by atoms with Gasteiger partial charge >= 0.3 is 0 Å². The lowest BCUT2D eigenvalue weighted by Crippen LogP contribution is -2.53. The summed E-state index contributed by atoms with van der Waals surface area (Å²) < 4.78 is 5.47. The van der Waals surface area contributed by atoms with Gasteiger partial charge in [-0.1, -0.05) is 0 Å². The zero-order valence-corrected chi connectivity index (χ0v) is 12.0. The Bertz CT molecular complexity index is 504. The van der Waals surface area contributed by atoms with Gasteiger partial charge in [-0.15, -0.1) is 0 Å². The fraction of sp³-hybridized carbons (Fsp3) is 0.615. The third-order valence-corrected chi connectivity index (χ3v) is 3.29. The zero-order chi connectivity index (χ0) is 14.8. The van der Waals surface area contributed by atoms with E-state index >= 15 is 0 Å². The number of anilines is 2. The van der Waals surface area contributed by atoms with Crippen LogP contribution < -0.4 is 10.2 Å². The molecule has 0 aromatic carbocycles. The number of nitro groups is 1. The quantitative estimate of drug-likeness (QED) is 0.671. The van der Waals surface area contributed by atoms with Crippen molar-refractivity contribution in [3.63, 3.8) is 0 Å². The monoisotopic (exact) mass is 280 g/mol. The van der Waals surface area contributed by atoms with Crippen molar-refractivity contribution in [3.05, 3.63) is 22.2 Å². The highest BCUT2D eigenvalue weighted by Gasteiger charge is 2.32. The number of nitrogens with zero attached hydrogens (tertiary/aromatic N) is 3. The second-order valence-electron chi connectivity index (χ2n) is 5.37. The molecule has 1 aliphatic rings. The fourth-order valence-electron chi connectivity index (χ4n) is 2.30. The predicted octanol–water partition coefficient (Wildman–Crippen LogP) is 2.04. The van der Waals surface area contributed by atoms with Crippen LogP contribution in [-0.4, -0.2) is 41.7 Å². The second-order valence-corrected chi connectivity index (χ2v) is 5.37. The molecule has 110 valence electrons. The van der Waals surface area contributed by atoms with Crippen LogP contribution in [0.15, 0.2) is 12.1 Å². The SMILES string of the molecule is CCNc1cc([N+](=O)[O-])cc(N2CCOCC2(C)C)n1. The molecule has 7 heteroatoms. The van der Waals surface area contributed by atoms with Crippen LogP contribution in [0.4, 0.5) is 17.3 Å². The number of hydrogen-bond acceptors (Lipinski definition) is 6. The normalized spacial score (nSPS) is 17.9. The highest BCUT2D eigenvalue weighted by atomic mass is 16.6. The minimum Gasteiger partial charge on any atom is -0.377 e. The van der Waals surface area contributed by atoms with Crippen molar-refractivity contribution in [1.29, 1.82) is 0 Å². The Hall–Kier alpha value is -1.89. The first-order valence-corrected chi connectivity index (χ1v) is 6.70. The van der Waals surface area contributed by atoms with E-state index in [1.807, 2.05) is 20.8 Å². The van der Waals surface area contributed by atoms with E-state index in [4.69, 9.17) is 4.74 Å². The molecule has 0 bridgehead atoms. The summed E-state index contributed by atoms with van der Waals surface area (Å²) in [7, 11) is 0. The average Bonchev–Trinajstić information content (AvgIpc) is 2.38. The number of morpholine rings is 1. The van der Waals surface area contributed by atoms with Gasteiger partial charge in [-0.25, -0.2) is 4.98 Å². The van der Waals surface area contributed by atoms with Gasteiger partial charge in [-0.2, -0.15) is 0 Å². The molecule has 1 aromatic rings.